The third-order valence-electron chi connectivity index (χ3n) is 4.77. The summed E-state index contributed by atoms with van der Waals surface area (Å²) >= 11 is 1.55. The molecule has 1 saturated heterocycles. The number of carbonyl (C=O) groups is 1. The molecule has 156 valence electrons. The minimum atomic E-state index is 0. The van der Waals surface area contributed by atoms with E-state index in [0.29, 0.717) is 18.9 Å². The molecule has 1 amide bonds. The minimum absolute atomic E-state index is 0. The number of piperidine rings is 1. The van der Waals surface area contributed by atoms with Crippen molar-refractivity contribution in [3.63, 3.8) is 0 Å². The zero-order valence-electron chi connectivity index (χ0n) is 16.3. The van der Waals surface area contributed by atoms with Crippen LogP contribution in [0.2, 0.25) is 0 Å². The number of amides is 1. The van der Waals surface area contributed by atoms with Gasteiger partial charge in [-0.15, -0.1) is 36.2 Å². The van der Waals surface area contributed by atoms with Crippen molar-refractivity contribution in [2.24, 2.45) is 5.92 Å². The molecule has 0 aliphatic carbocycles. The molecule has 0 unspecified atom stereocenters. The van der Waals surface area contributed by atoms with Gasteiger partial charge in [0, 0.05) is 18.5 Å². The molecule has 0 radical (unpaired) electrons. The van der Waals surface area contributed by atoms with Crippen molar-refractivity contribution in [1.82, 2.24) is 15.2 Å². The number of nitrogens with zero attached hydrogens (tertiary/aromatic N) is 2. The highest BCUT2D eigenvalue weighted by Gasteiger charge is 2.22. The number of hydrogen-bond acceptors (Lipinski definition) is 5. The van der Waals surface area contributed by atoms with Gasteiger partial charge < -0.3 is 15.0 Å². The molecule has 8 heteroatoms. The number of carbonyl (C=O) groups excluding carboxylic acids is 1. The summed E-state index contributed by atoms with van der Waals surface area (Å²) in [5.41, 5.74) is 2.06. The van der Waals surface area contributed by atoms with Crippen LogP contribution in [0.5, 0.6) is 5.75 Å². The first-order valence-electron chi connectivity index (χ1n) is 9.19. The lowest BCUT2D eigenvalue weighted by molar-refractivity contribution is -0.131. The second-order valence-corrected chi connectivity index (χ2v) is 7.84. The van der Waals surface area contributed by atoms with Crippen LogP contribution < -0.4 is 10.1 Å². The van der Waals surface area contributed by atoms with Crippen molar-refractivity contribution >= 4 is 42.1 Å². The summed E-state index contributed by atoms with van der Waals surface area (Å²) < 4.78 is 5.76. The number of rotatable bonds is 7. The Bertz CT molecular complexity index is 716. The first-order chi connectivity index (χ1) is 12.6. The molecule has 5 nitrogen and oxygen atoms in total. The van der Waals surface area contributed by atoms with E-state index >= 15 is 0 Å². The fourth-order valence-electron chi connectivity index (χ4n) is 3.22. The molecule has 3 rings (SSSR count). The van der Waals surface area contributed by atoms with Gasteiger partial charge in [0.1, 0.15) is 17.4 Å². The zero-order valence-corrected chi connectivity index (χ0v) is 18.8. The number of thiazole rings is 1. The van der Waals surface area contributed by atoms with Crippen LogP contribution in [0.15, 0.2) is 29.6 Å². The Morgan fingerprint density at radius 1 is 1.25 bits per heavy atom. The van der Waals surface area contributed by atoms with E-state index in [1.54, 1.807) is 11.3 Å². The summed E-state index contributed by atoms with van der Waals surface area (Å²) in [7, 11) is 1.99. The lowest BCUT2D eigenvalue weighted by Crippen LogP contribution is -2.41. The molecule has 2 heterocycles. The second-order valence-electron chi connectivity index (χ2n) is 6.89. The average Bonchev–Trinajstić information content (AvgIpc) is 3.09. The van der Waals surface area contributed by atoms with E-state index in [9.17, 15) is 4.79 Å². The maximum atomic E-state index is 12.5. The highest BCUT2D eigenvalue weighted by atomic mass is 35.5. The van der Waals surface area contributed by atoms with E-state index in [1.807, 2.05) is 41.6 Å². The van der Waals surface area contributed by atoms with Gasteiger partial charge in [-0.3, -0.25) is 4.79 Å². The summed E-state index contributed by atoms with van der Waals surface area (Å²) in [4.78, 5) is 19.0. The van der Waals surface area contributed by atoms with Crippen LogP contribution in [0.1, 0.15) is 29.1 Å². The molecular formula is C20H29Cl2N3O2S. The van der Waals surface area contributed by atoms with Crippen molar-refractivity contribution in [2.45, 2.75) is 32.8 Å². The molecule has 1 aromatic heterocycles. The normalized spacial score (nSPS) is 14.1. The van der Waals surface area contributed by atoms with E-state index < -0.39 is 0 Å². The number of aryl methyl sites for hydroxylation is 1. The van der Waals surface area contributed by atoms with Crippen LogP contribution in [0.25, 0.3) is 0 Å². The van der Waals surface area contributed by atoms with Crippen molar-refractivity contribution in [3.05, 3.63) is 45.9 Å². The Labute approximate surface area is 183 Å². The fourth-order valence-corrected chi connectivity index (χ4v) is 3.92. The summed E-state index contributed by atoms with van der Waals surface area (Å²) in [5, 5.41) is 6.10. The summed E-state index contributed by atoms with van der Waals surface area (Å²) in [5.74, 6) is 1.71. The Morgan fingerprint density at radius 2 is 1.93 bits per heavy atom. The summed E-state index contributed by atoms with van der Waals surface area (Å²) in [6.07, 6.45) is 2.55. The van der Waals surface area contributed by atoms with E-state index in [1.165, 1.54) is 5.56 Å². The molecule has 28 heavy (non-hydrogen) atoms. The standard InChI is InChI=1S/C20H27N3O2S.2ClH/c1-15-3-5-18(6-4-15)25-13-19-22-17(14-26-19)11-20(24)23-9-7-16(8-10-23)12-21-2;;/h3-6,14,16,21H,7-13H2,1-2H3;2*1H. The number of likely N-dealkylation sites (tertiary alicyclic amines) is 1. The van der Waals surface area contributed by atoms with Gasteiger partial charge in [0.2, 0.25) is 5.91 Å². The lowest BCUT2D eigenvalue weighted by atomic mass is 9.96. The molecule has 1 N–H and O–H groups in total. The molecule has 1 aliphatic heterocycles. The minimum Gasteiger partial charge on any atom is -0.486 e. The smallest absolute Gasteiger partial charge is 0.228 e. The van der Waals surface area contributed by atoms with Gasteiger partial charge in [0.05, 0.1) is 12.1 Å². The molecular weight excluding hydrogens is 417 g/mol. The van der Waals surface area contributed by atoms with Crippen LogP contribution in [0, 0.1) is 12.8 Å². The number of nitrogens with one attached hydrogen (secondary N) is 1. The highest BCUT2D eigenvalue weighted by Crippen LogP contribution is 2.19. The Morgan fingerprint density at radius 3 is 2.57 bits per heavy atom. The maximum absolute atomic E-state index is 12.5. The molecule has 1 fully saturated rings. The van der Waals surface area contributed by atoms with E-state index in [0.717, 1.165) is 48.9 Å². The average molecular weight is 446 g/mol. The molecule has 0 spiro atoms. The van der Waals surface area contributed by atoms with Crippen molar-refractivity contribution < 1.29 is 9.53 Å². The molecule has 1 aromatic carbocycles. The molecule has 2 aromatic rings. The zero-order chi connectivity index (χ0) is 18.4. The van der Waals surface area contributed by atoms with Gasteiger partial charge in [-0.2, -0.15) is 0 Å². The van der Waals surface area contributed by atoms with E-state index in [4.69, 9.17) is 4.74 Å². The van der Waals surface area contributed by atoms with E-state index in [2.05, 4.69) is 17.2 Å². The van der Waals surface area contributed by atoms with Gasteiger partial charge in [-0.1, -0.05) is 17.7 Å². The number of halogens is 2. The number of hydrogen-bond donors (Lipinski definition) is 1. The van der Waals surface area contributed by atoms with Crippen molar-refractivity contribution in [3.8, 4) is 5.75 Å². The third kappa shape index (κ3) is 7.24. The van der Waals surface area contributed by atoms with Gasteiger partial charge in [0.25, 0.3) is 0 Å². The van der Waals surface area contributed by atoms with Crippen LogP contribution in [-0.4, -0.2) is 42.5 Å². The van der Waals surface area contributed by atoms with Crippen molar-refractivity contribution in [2.75, 3.05) is 26.7 Å². The SMILES string of the molecule is CNCC1CCN(C(=O)Cc2csc(COc3ccc(C)cc3)n2)CC1.Cl.Cl. The first-order valence-corrected chi connectivity index (χ1v) is 10.1. The quantitative estimate of drug-likeness (QED) is 0.702. The molecule has 0 saturated carbocycles. The number of benzene rings is 1. The predicted octanol–water partition coefficient (Wildman–Crippen LogP) is 3.87. The predicted molar refractivity (Wildman–Crippen MR) is 119 cm³/mol. The second kappa shape index (κ2) is 12.3. The molecule has 0 atom stereocenters. The topological polar surface area (TPSA) is 54.5 Å². The number of aromatic nitrogens is 1. The van der Waals surface area contributed by atoms with Gasteiger partial charge >= 0.3 is 0 Å². The first kappa shape index (κ1) is 24.7. The van der Waals surface area contributed by atoms with Crippen LogP contribution >= 0.6 is 36.2 Å². The Kier molecular flexibility index (Phi) is 10.8. The van der Waals surface area contributed by atoms with Gasteiger partial charge in [-0.05, 0) is 51.4 Å². The molecule has 1 aliphatic rings. The number of ether oxygens (including phenoxy) is 1. The van der Waals surface area contributed by atoms with Gasteiger partial charge in [-0.25, -0.2) is 4.98 Å². The van der Waals surface area contributed by atoms with Crippen LogP contribution in [-0.2, 0) is 17.8 Å². The monoisotopic (exact) mass is 445 g/mol. The third-order valence-corrected chi connectivity index (χ3v) is 5.65. The van der Waals surface area contributed by atoms with Gasteiger partial charge in [0.15, 0.2) is 0 Å². The van der Waals surface area contributed by atoms with Crippen molar-refractivity contribution in [1.29, 1.82) is 0 Å². The van der Waals surface area contributed by atoms with E-state index in [-0.39, 0.29) is 30.7 Å². The van der Waals surface area contributed by atoms with Crippen LogP contribution in [0.3, 0.4) is 0 Å². The maximum Gasteiger partial charge on any atom is 0.228 e. The molecule has 0 bridgehead atoms. The summed E-state index contributed by atoms with van der Waals surface area (Å²) in [6.45, 7) is 5.25. The van der Waals surface area contributed by atoms with Crippen LogP contribution in [0.4, 0.5) is 0 Å². The highest BCUT2D eigenvalue weighted by molar-refractivity contribution is 7.09. The lowest BCUT2D eigenvalue weighted by Gasteiger charge is -2.31. The fraction of sp³-hybridized carbons (Fsp3) is 0.500. The summed E-state index contributed by atoms with van der Waals surface area (Å²) in [6, 6.07) is 7.98. The largest absolute Gasteiger partial charge is 0.486 e. The Balaban J connectivity index is 0.00000196. The Hall–Kier alpha value is -1.34.